The van der Waals surface area contributed by atoms with Gasteiger partial charge in [0.25, 0.3) is 5.78 Å². The second kappa shape index (κ2) is 4.38. The van der Waals surface area contributed by atoms with Gasteiger partial charge in [-0.25, -0.2) is 4.98 Å². The Labute approximate surface area is 103 Å². The number of hydrogen-bond acceptors (Lipinski definition) is 4. The van der Waals surface area contributed by atoms with Crippen molar-refractivity contribution in [3.63, 3.8) is 0 Å². The van der Waals surface area contributed by atoms with Crippen LogP contribution in [0.4, 0.5) is 13.2 Å². The highest BCUT2D eigenvalue weighted by Gasteiger charge is 2.45. The van der Waals surface area contributed by atoms with Crippen LogP contribution in [-0.4, -0.2) is 16.9 Å². The molecule has 0 N–H and O–H groups in total. The molecule has 2 aromatic rings. The Balaban J connectivity index is 2.46. The van der Waals surface area contributed by atoms with Crippen LogP contribution in [0, 0.1) is 11.3 Å². The fourth-order valence-electron chi connectivity index (χ4n) is 1.40. The Morgan fingerprint density at radius 3 is 2.61 bits per heavy atom. The maximum absolute atomic E-state index is 12.3. The van der Waals surface area contributed by atoms with Crippen molar-refractivity contribution in [1.29, 1.82) is 5.26 Å². The molecule has 1 unspecified atom stereocenters. The molecule has 1 atom stereocenters. The average Bonchev–Trinajstić information content (AvgIpc) is 2.71. The van der Waals surface area contributed by atoms with Gasteiger partial charge in [0.2, 0.25) is 0 Å². The van der Waals surface area contributed by atoms with Crippen LogP contribution in [-0.2, 0) is 4.79 Å². The highest BCUT2D eigenvalue weighted by atomic mass is 32.1. The number of ketones is 1. The zero-order valence-electron chi connectivity index (χ0n) is 8.73. The molecule has 1 aromatic heterocycles. The van der Waals surface area contributed by atoms with E-state index in [0.29, 0.717) is 10.2 Å². The van der Waals surface area contributed by atoms with Crippen molar-refractivity contribution in [1.82, 2.24) is 4.98 Å². The zero-order chi connectivity index (χ0) is 13.3. The van der Waals surface area contributed by atoms with Crippen molar-refractivity contribution in [3.8, 4) is 6.07 Å². The van der Waals surface area contributed by atoms with Gasteiger partial charge in [0, 0.05) is 0 Å². The van der Waals surface area contributed by atoms with Crippen LogP contribution < -0.4 is 0 Å². The maximum atomic E-state index is 12.3. The molecule has 0 aliphatic rings. The fourth-order valence-corrected chi connectivity index (χ4v) is 2.41. The first-order chi connectivity index (χ1) is 8.43. The first kappa shape index (κ1) is 12.5. The van der Waals surface area contributed by atoms with E-state index in [1.807, 2.05) is 0 Å². The van der Waals surface area contributed by atoms with Crippen LogP contribution in [0.2, 0.25) is 0 Å². The molecule has 7 heteroatoms. The normalized spacial score (nSPS) is 13.2. The summed E-state index contributed by atoms with van der Waals surface area (Å²) in [6, 6.07) is 8.03. The number of hydrogen-bond donors (Lipinski definition) is 0. The van der Waals surface area contributed by atoms with Gasteiger partial charge in [0.15, 0.2) is 5.92 Å². The number of thiazole rings is 1. The molecule has 2 rings (SSSR count). The number of Topliss-reactive ketones (excluding diaryl/α,β-unsaturated/α-hetero) is 1. The Morgan fingerprint density at radius 1 is 1.39 bits per heavy atom. The van der Waals surface area contributed by atoms with Crippen LogP contribution in [0.3, 0.4) is 0 Å². The van der Waals surface area contributed by atoms with Crippen molar-refractivity contribution >= 4 is 27.3 Å². The third kappa shape index (κ3) is 2.19. The predicted octanol–water partition coefficient (Wildman–Crippen LogP) is 3.03. The topological polar surface area (TPSA) is 53.8 Å². The van der Waals surface area contributed by atoms with Gasteiger partial charge < -0.3 is 0 Å². The summed E-state index contributed by atoms with van der Waals surface area (Å²) in [4.78, 5) is 15.0. The highest BCUT2D eigenvalue weighted by Crippen LogP contribution is 2.32. The van der Waals surface area contributed by atoms with Crippen molar-refractivity contribution in [2.75, 3.05) is 0 Å². The van der Waals surface area contributed by atoms with Gasteiger partial charge in [-0.15, -0.1) is 11.3 Å². The highest BCUT2D eigenvalue weighted by molar-refractivity contribution is 7.18. The molecule has 18 heavy (non-hydrogen) atoms. The first-order valence-electron chi connectivity index (χ1n) is 4.79. The van der Waals surface area contributed by atoms with E-state index < -0.39 is 17.9 Å². The Kier molecular flexibility index (Phi) is 3.05. The lowest BCUT2D eigenvalue weighted by atomic mass is 10.1. The van der Waals surface area contributed by atoms with Crippen molar-refractivity contribution in [2.24, 2.45) is 0 Å². The predicted molar refractivity (Wildman–Crippen MR) is 59.0 cm³/mol. The quantitative estimate of drug-likeness (QED) is 0.842. The van der Waals surface area contributed by atoms with E-state index in [0.717, 1.165) is 11.3 Å². The Bertz CT molecular complexity index is 609. The van der Waals surface area contributed by atoms with E-state index in [1.165, 1.54) is 6.07 Å². The van der Waals surface area contributed by atoms with Crippen LogP contribution in [0.1, 0.15) is 10.9 Å². The molecule has 1 heterocycles. The molecule has 0 bridgehead atoms. The SMILES string of the molecule is N#CC(C(=O)C(F)(F)F)c1nc2ccccc2s1. The molecule has 1 aromatic carbocycles. The largest absolute Gasteiger partial charge is 0.451 e. The van der Waals surface area contributed by atoms with Gasteiger partial charge in [-0.05, 0) is 12.1 Å². The van der Waals surface area contributed by atoms with Gasteiger partial charge in [-0.2, -0.15) is 18.4 Å². The number of nitriles is 1. The second-order valence-electron chi connectivity index (χ2n) is 3.44. The number of para-hydroxylation sites is 1. The summed E-state index contributed by atoms with van der Waals surface area (Å²) in [5.41, 5.74) is 0.479. The summed E-state index contributed by atoms with van der Waals surface area (Å²) in [6.07, 6.45) is -5.03. The smallest absolute Gasteiger partial charge is 0.288 e. The second-order valence-corrected chi connectivity index (χ2v) is 4.51. The van der Waals surface area contributed by atoms with Crippen LogP contribution in [0.5, 0.6) is 0 Å². The van der Waals surface area contributed by atoms with Crippen molar-refractivity contribution in [3.05, 3.63) is 29.3 Å². The summed E-state index contributed by atoms with van der Waals surface area (Å²) in [7, 11) is 0. The fraction of sp³-hybridized carbons (Fsp3) is 0.182. The molecule has 0 amide bonds. The standard InChI is InChI=1S/C11H5F3N2OS/c12-11(13,14)9(17)6(5-15)10-16-7-3-1-2-4-8(7)18-10/h1-4,6H. The third-order valence-electron chi connectivity index (χ3n) is 2.23. The number of nitrogens with zero attached hydrogens (tertiary/aromatic N) is 2. The minimum Gasteiger partial charge on any atom is -0.288 e. The number of rotatable bonds is 2. The van der Waals surface area contributed by atoms with E-state index in [-0.39, 0.29) is 5.01 Å². The van der Waals surface area contributed by atoms with E-state index in [1.54, 1.807) is 24.3 Å². The Hall–Kier alpha value is -1.94. The molecule has 3 nitrogen and oxygen atoms in total. The van der Waals surface area contributed by atoms with Gasteiger partial charge in [0.1, 0.15) is 5.01 Å². The lowest BCUT2D eigenvalue weighted by Crippen LogP contribution is -2.28. The molecule has 0 saturated heterocycles. The number of carbonyl (C=O) groups excluding carboxylic acids is 1. The van der Waals surface area contributed by atoms with Gasteiger partial charge in [0.05, 0.1) is 16.3 Å². The first-order valence-corrected chi connectivity index (χ1v) is 5.61. The summed E-state index contributed by atoms with van der Waals surface area (Å²) >= 11 is 0.920. The number of aromatic nitrogens is 1. The minimum atomic E-state index is -5.03. The minimum absolute atomic E-state index is 0.124. The molecule has 0 radical (unpaired) electrons. The number of fused-ring (bicyclic) bond motifs is 1. The van der Waals surface area contributed by atoms with E-state index in [2.05, 4.69) is 4.98 Å². The summed E-state index contributed by atoms with van der Waals surface area (Å²) in [6.45, 7) is 0. The molecule has 0 fully saturated rings. The monoisotopic (exact) mass is 270 g/mol. The Morgan fingerprint density at radius 2 is 2.06 bits per heavy atom. The molecule has 0 aliphatic carbocycles. The molecule has 92 valence electrons. The van der Waals surface area contributed by atoms with E-state index in [9.17, 15) is 18.0 Å². The average molecular weight is 270 g/mol. The summed E-state index contributed by atoms with van der Waals surface area (Å²) < 4.78 is 37.6. The number of benzene rings is 1. The number of halogens is 3. The lowest BCUT2D eigenvalue weighted by Gasteiger charge is -2.07. The van der Waals surface area contributed by atoms with E-state index >= 15 is 0 Å². The van der Waals surface area contributed by atoms with Crippen LogP contribution in [0.25, 0.3) is 10.2 Å². The molecule has 0 spiro atoms. The molecular formula is C11H5F3N2OS. The van der Waals surface area contributed by atoms with Crippen LogP contribution in [0.15, 0.2) is 24.3 Å². The molecular weight excluding hydrogens is 265 g/mol. The molecule has 0 aliphatic heterocycles. The van der Waals surface area contributed by atoms with E-state index in [4.69, 9.17) is 5.26 Å². The van der Waals surface area contributed by atoms with Crippen molar-refractivity contribution < 1.29 is 18.0 Å². The summed E-state index contributed by atoms with van der Waals surface area (Å²) in [5.74, 6) is -3.97. The number of carbonyl (C=O) groups is 1. The number of alkyl halides is 3. The third-order valence-corrected chi connectivity index (χ3v) is 3.33. The lowest BCUT2D eigenvalue weighted by molar-refractivity contribution is -0.171. The van der Waals surface area contributed by atoms with Gasteiger partial charge in [-0.3, -0.25) is 4.79 Å². The summed E-state index contributed by atoms with van der Waals surface area (Å²) in [5, 5.41) is 8.61. The zero-order valence-corrected chi connectivity index (χ0v) is 9.55. The van der Waals surface area contributed by atoms with Crippen LogP contribution >= 0.6 is 11.3 Å². The van der Waals surface area contributed by atoms with Crippen molar-refractivity contribution in [2.45, 2.75) is 12.1 Å². The molecule has 0 saturated carbocycles. The van der Waals surface area contributed by atoms with Gasteiger partial charge >= 0.3 is 6.18 Å². The van der Waals surface area contributed by atoms with Gasteiger partial charge in [-0.1, -0.05) is 12.1 Å². The maximum Gasteiger partial charge on any atom is 0.451 e.